The molecule has 1 amide bonds. The molecule has 0 radical (unpaired) electrons. The number of fused-ring (bicyclic) bond motifs is 5. The minimum atomic E-state index is -0.116. The van der Waals surface area contributed by atoms with E-state index in [2.05, 4.69) is 88.7 Å². The van der Waals surface area contributed by atoms with E-state index in [0.717, 1.165) is 48.3 Å². The summed E-state index contributed by atoms with van der Waals surface area (Å²) < 4.78 is 6.10. The van der Waals surface area contributed by atoms with E-state index in [-0.39, 0.29) is 23.9 Å². The number of benzene rings is 4. The monoisotopic (exact) mass is 519 g/mol. The van der Waals surface area contributed by atoms with Crippen LogP contribution in [0.1, 0.15) is 28.8 Å². The quantitative estimate of drug-likeness (QED) is 0.368. The number of hydrogen-bond donors (Lipinski definition) is 0. The Bertz CT molecular complexity index is 1410. The molecule has 7 rings (SSSR count). The second-order valence-corrected chi connectivity index (χ2v) is 10.8. The van der Waals surface area contributed by atoms with Gasteiger partial charge in [-0.3, -0.25) is 19.4 Å². The summed E-state index contributed by atoms with van der Waals surface area (Å²) in [5, 5.41) is 3.94. The van der Waals surface area contributed by atoms with Crippen LogP contribution < -0.4 is 4.74 Å². The molecule has 6 nitrogen and oxygen atoms in total. The molecule has 3 aliphatic heterocycles. The summed E-state index contributed by atoms with van der Waals surface area (Å²) in [5.41, 5.74) is 3.68. The normalized spacial score (nSPS) is 21.5. The number of carbonyl (C=O) groups excluding carboxylic acids is 1. The zero-order valence-electron chi connectivity index (χ0n) is 22.0. The number of hydrogen-bond acceptors (Lipinski definition) is 5. The maximum atomic E-state index is 13.7. The van der Waals surface area contributed by atoms with Crippen LogP contribution in [0, 0.1) is 5.92 Å². The van der Waals surface area contributed by atoms with Crippen LogP contribution >= 0.6 is 0 Å². The summed E-state index contributed by atoms with van der Waals surface area (Å²) in [6.07, 6.45) is 0. The van der Waals surface area contributed by atoms with E-state index >= 15 is 0 Å². The molecule has 0 N–H and O–H groups in total. The Kier molecular flexibility index (Phi) is 6.52. The summed E-state index contributed by atoms with van der Waals surface area (Å²) in [6, 6.07) is 34.0. The van der Waals surface area contributed by atoms with Crippen molar-refractivity contribution in [3.63, 3.8) is 0 Å². The number of ether oxygens (including phenoxy) is 1. The molecule has 3 heterocycles. The molecule has 3 aliphatic rings. The van der Waals surface area contributed by atoms with E-state index in [4.69, 9.17) is 9.57 Å². The predicted octanol–water partition coefficient (Wildman–Crippen LogP) is 5.07. The number of amides is 1. The zero-order valence-corrected chi connectivity index (χ0v) is 22.0. The van der Waals surface area contributed by atoms with Gasteiger partial charge in [0.05, 0.1) is 31.8 Å². The average molecular weight is 520 g/mol. The Morgan fingerprint density at radius 2 is 1.44 bits per heavy atom. The van der Waals surface area contributed by atoms with Crippen molar-refractivity contribution >= 4 is 16.7 Å². The molecule has 2 fully saturated rings. The summed E-state index contributed by atoms with van der Waals surface area (Å²) in [4.78, 5) is 24.5. The molecule has 0 aromatic heterocycles. The molecule has 2 atom stereocenters. The van der Waals surface area contributed by atoms with E-state index in [0.29, 0.717) is 19.8 Å². The highest BCUT2D eigenvalue weighted by Crippen LogP contribution is 2.46. The van der Waals surface area contributed by atoms with Crippen molar-refractivity contribution in [3.8, 4) is 5.75 Å². The number of hydroxylamine groups is 2. The van der Waals surface area contributed by atoms with Crippen LogP contribution in [0.25, 0.3) is 10.8 Å². The third kappa shape index (κ3) is 4.59. The van der Waals surface area contributed by atoms with Gasteiger partial charge in [-0.15, -0.1) is 0 Å². The lowest BCUT2D eigenvalue weighted by atomic mass is 9.88. The van der Waals surface area contributed by atoms with Crippen LogP contribution in [0.3, 0.4) is 0 Å². The molecule has 0 spiro atoms. The van der Waals surface area contributed by atoms with Crippen LogP contribution in [-0.2, 0) is 9.63 Å². The maximum Gasteiger partial charge on any atom is 0.260 e. The first kappa shape index (κ1) is 24.3. The topological polar surface area (TPSA) is 45.3 Å². The largest absolute Gasteiger partial charge is 0.493 e. The lowest BCUT2D eigenvalue weighted by Crippen LogP contribution is -2.51. The van der Waals surface area contributed by atoms with Gasteiger partial charge in [0, 0.05) is 37.7 Å². The van der Waals surface area contributed by atoms with Gasteiger partial charge in [0.2, 0.25) is 0 Å². The molecular weight excluding hydrogens is 486 g/mol. The first-order valence-corrected chi connectivity index (χ1v) is 13.9. The second kappa shape index (κ2) is 10.5. The summed E-state index contributed by atoms with van der Waals surface area (Å²) >= 11 is 0. The lowest BCUT2D eigenvalue weighted by molar-refractivity contribution is -0.178. The van der Waals surface area contributed by atoms with Gasteiger partial charge >= 0.3 is 0 Å². The molecule has 4 aromatic rings. The minimum Gasteiger partial charge on any atom is -0.493 e. The maximum absolute atomic E-state index is 13.7. The van der Waals surface area contributed by atoms with Crippen LogP contribution in [0.5, 0.6) is 5.75 Å². The molecule has 2 saturated heterocycles. The Hall–Kier alpha value is -3.71. The fraction of sp³-hybridized carbons (Fsp3) is 0.303. The van der Waals surface area contributed by atoms with Crippen molar-refractivity contribution in [2.24, 2.45) is 5.92 Å². The van der Waals surface area contributed by atoms with Gasteiger partial charge in [-0.25, -0.2) is 5.06 Å². The summed E-state index contributed by atoms with van der Waals surface area (Å²) in [5.74, 6) is 1.03. The van der Waals surface area contributed by atoms with Crippen LogP contribution in [0.15, 0.2) is 97.1 Å². The van der Waals surface area contributed by atoms with Crippen LogP contribution in [-0.4, -0.2) is 66.7 Å². The van der Waals surface area contributed by atoms with E-state index in [9.17, 15) is 4.79 Å². The van der Waals surface area contributed by atoms with Gasteiger partial charge in [0.15, 0.2) is 0 Å². The highest BCUT2D eigenvalue weighted by Gasteiger charge is 2.45. The van der Waals surface area contributed by atoms with Crippen molar-refractivity contribution in [1.29, 1.82) is 0 Å². The molecular formula is C33H33N3O3. The molecule has 2 unspecified atom stereocenters. The highest BCUT2D eigenvalue weighted by molar-refractivity contribution is 5.89. The Labute approximate surface area is 229 Å². The summed E-state index contributed by atoms with van der Waals surface area (Å²) in [6.45, 7) is 4.91. The van der Waals surface area contributed by atoms with Crippen LogP contribution in [0.4, 0.5) is 0 Å². The van der Waals surface area contributed by atoms with Gasteiger partial charge in [0.25, 0.3) is 5.91 Å². The standard InChI is InChI=1S/C33H33N3O3/c37-30(36-33-27(23-39-36)22-38-29-16-15-24-9-7-8-14-28(24)31(29)33)21-34-17-19-35(20-18-34)32(25-10-3-1-4-11-25)26-12-5-2-6-13-26/h1-16,27,32-33H,17-23H2. The number of carbonyl (C=O) groups is 1. The molecule has 4 aromatic carbocycles. The Morgan fingerprint density at radius 3 is 2.15 bits per heavy atom. The lowest BCUT2D eigenvalue weighted by Gasteiger charge is -2.40. The highest BCUT2D eigenvalue weighted by atomic mass is 16.7. The van der Waals surface area contributed by atoms with E-state index < -0.39 is 0 Å². The number of nitrogens with zero attached hydrogens (tertiary/aromatic N) is 3. The second-order valence-electron chi connectivity index (χ2n) is 10.8. The number of rotatable bonds is 5. The fourth-order valence-corrected chi connectivity index (χ4v) is 6.49. The van der Waals surface area contributed by atoms with E-state index in [1.54, 1.807) is 5.06 Å². The molecule has 39 heavy (non-hydrogen) atoms. The van der Waals surface area contributed by atoms with Crippen molar-refractivity contribution in [2.45, 2.75) is 12.1 Å². The molecule has 0 aliphatic carbocycles. The molecule has 0 bridgehead atoms. The smallest absolute Gasteiger partial charge is 0.260 e. The first-order valence-electron chi connectivity index (χ1n) is 13.9. The summed E-state index contributed by atoms with van der Waals surface area (Å²) in [7, 11) is 0. The van der Waals surface area contributed by atoms with E-state index in [1.165, 1.54) is 11.1 Å². The Morgan fingerprint density at radius 1 is 0.769 bits per heavy atom. The van der Waals surface area contributed by atoms with Crippen molar-refractivity contribution in [3.05, 3.63) is 114 Å². The van der Waals surface area contributed by atoms with Crippen molar-refractivity contribution < 1.29 is 14.4 Å². The van der Waals surface area contributed by atoms with Gasteiger partial charge in [-0.05, 0) is 28.0 Å². The van der Waals surface area contributed by atoms with Crippen molar-refractivity contribution in [2.75, 3.05) is 45.9 Å². The first-order chi connectivity index (χ1) is 19.3. The minimum absolute atomic E-state index is 0.0272. The average Bonchev–Trinajstić information content (AvgIpc) is 3.44. The van der Waals surface area contributed by atoms with Gasteiger partial charge < -0.3 is 4.74 Å². The van der Waals surface area contributed by atoms with Crippen LogP contribution in [0.2, 0.25) is 0 Å². The van der Waals surface area contributed by atoms with Gasteiger partial charge in [-0.2, -0.15) is 0 Å². The molecule has 6 heteroatoms. The molecule has 198 valence electrons. The zero-order chi connectivity index (χ0) is 26.2. The Balaban J connectivity index is 1.06. The predicted molar refractivity (Wildman–Crippen MR) is 151 cm³/mol. The van der Waals surface area contributed by atoms with Gasteiger partial charge in [0.1, 0.15) is 5.75 Å². The van der Waals surface area contributed by atoms with Gasteiger partial charge in [-0.1, -0.05) is 91.0 Å². The number of piperazine rings is 1. The van der Waals surface area contributed by atoms with E-state index in [1.807, 2.05) is 18.2 Å². The molecule has 0 saturated carbocycles. The van der Waals surface area contributed by atoms with Crippen molar-refractivity contribution in [1.82, 2.24) is 14.9 Å². The third-order valence-electron chi connectivity index (χ3n) is 8.41. The third-order valence-corrected chi connectivity index (χ3v) is 8.41. The fourth-order valence-electron chi connectivity index (χ4n) is 6.49. The SMILES string of the molecule is O=C(CN1CCN(C(c2ccccc2)c2ccccc2)CC1)N1OCC2COc3ccc4ccccc4c3C21.